The van der Waals surface area contributed by atoms with Crippen molar-refractivity contribution in [2.24, 2.45) is 11.1 Å². The van der Waals surface area contributed by atoms with E-state index >= 15 is 0 Å². The summed E-state index contributed by atoms with van der Waals surface area (Å²) in [7, 11) is 0. The molecule has 2 nitrogen and oxygen atoms in total. The van der Waals surface area contributed by atoms with E-state index in [-0.39, 0.29) is 0 Å². The normalized spacial score (nSPS) is 20.0. The first kappa shape index (κ1) is 14.0. The van der Waals surface area contributed by atoms with Gasteiger partial charge in [-0.3, -0.25) is 4.90 Å². The van der Waals surface area contributed by atoms with Crippen molar-refractivity contribution in [1.29, 1.82) is 0 Å². The molecule has 0 aliphatic carbocycles. The van der Waals surface area contributed by atoms with Crippen LogP contribution in [0.4, 0.5) is 0 Å². The molecule has 1 aliphatic rings. The van der Waals surface area contributed by atoms with Crippen molar-refractivity contribution in [2.75, 3.05) is 13.1 Å². The SMILES string of the molecule is CC1(C)CCN(Cc2ccc(CN)cc2Br)CC1. The van der Waals surface area contributed by atoms with Crippen LogP contribution < -0.4 is 5.73 Å². The van der Waals surface area contributed by atoms with Crippen LogP contribution in [0.25, 0.3) is 0 Å². The van der Waals surface area contributed by atoms with E-state index < -0.39 is 0 Å². The monoisotopic (exact) mass is 310 g/mol. The van der Waals surface area contributed by atoms with Crippen molar-refractivity contribution in [1.82, 2.24) is 4.90 Å². The lowest BCUT2D eigenvalue weighted by Crippen LogP contribution is -2.36. The van der Waals surface area contributed by atoms with Crippen molar-refractivity contribution in [3.63, 3.8) is 0 Å². The number of hydrogen-bond donors (Lipinski definition) is 1. The molecule has 1 aliphatic heterocycles. The van der Waals surface area contributed by atoms with Crippen molar-refractivity contribution in [3.05, 3.63) is 33.8 Å². The van der Waals surface area contributed by atoms with Crippen LogP contribution in [0.15, 0.2) is 22.7 Å². The molecular weight excluding hydrogens is 288 g/mol. The Morgan fingerprint density at radius 3 is 2.50 bits per heavy atom. The predicted octanol–water partition coefficient (Wildman–Crippen LogP) is 3.53. The molecule has 0 atom stereocenters. The number of hydrogen-bond acceptors (Lipinski definition) is 2. The molecule has 1 fully saturated rings. The fourth-order valence-electron chi connectivity index (χ4n) is 2.40. The van der Waals surface area contributed by atoms with Gasteiger partial charge in [0.2, 0.25) is 0 Å². The van der Waals surface area contributed by atoms with Crippen molar-refractivity contribution < 1.29 is 0 Å². The minimum atomic E-state index is 0.525. The topological polar surface area (TPSA) is 29.3 Å². The quantitative estimate of drug-likeness (QED) is 0.925. The lowest BCUT2D eigenvalue weighted by molar-refractivity contribution is 0.127. The Labute approximate surface area is 119 Å². The Morgan fingerprint density at radius 1 is 1.28 bits per heavy atom. The largest absolute Gasteiger partial charge is 0.326 e. The van der Waals surface area contributed by atoms with E-state index in [1.54, 1.807) is 0 Å². The first-order valence-corrected chi connectivity index (χ1v) is 7.49. The van der Waals surface area contributed by atoms with Crippen LogP contribution in [0, 0.1) is 5.41 Å². The maximum Gasteiger partial charge on any atom is 0.0244 e. The maximum absolute atomic E-state index is 5.65. The highest BCUT2D eigenvalue weighted by Gasteiger charge is 2.25. The third-order valence-corrected chi connectivity index (χ3v) is 4.69. The molecule has 1 heterocycles. The molecule has 18 heavy (non-hydrogen) atoms. The average molecular weight is 311 g/mol. The minimum absolute atomic E-state index is 0.525. The van der Waals surface area contributed by atoms with Gasteiger partial charge in [0.1, 0.15) is 0 Å². The van der Waals surface area contributed by atoms with E-state index in [0.717, 1.165) is 6.54 Å². The number of benzene rings is 1. The minimum Gasteiger partial charge on any atom is -0.326 e. The molecule has 0 bridgehead atoms. The van der Waals surface area contributed by atoms with Gasteiger partial charge >= 0.3 is 0 Å². The molecule has 0 radical (unpaired) electrons. The van der Waals surface area contributed by atoms with Gasteiger partial charge in [-0.15, -0.1) is 0 Å². The number of piperidine rings is 1. The third-order valence-electron chi connectivity index (χ3n) is 3.96. The first-order chi connectivity index (χ1) is 8.50. The van der Waals surface area contributed by atoms with Crippen LogP contribution >= 0.6 is 15.9 Å². The number of nitrogens with two attached hydrogens (primary N) is 1. The smallest absolute Gasteiger partial charge is 0.0244 e. The molecule has 0 amide bonds. The van der Waals surface area contributed by atoms with E-state index in [9.17, 15) is 0 Å². The summed E-state index contributed by atoms with van der Waals surface area (Å²) < 4.78 is 1.19. The molecule has 2 N–H and O–H groups in total. The van der Waals surface area contributed by atoms with Gasteiger partial charge in [0, 0.05) is 17.6 Å². The van der Waals surface area contributed by atoms with Crippen molar-refractivity contribution in [3.8, 4) is 0 Å². The molecule has 0 aromatic heterocycles. The standard InChI is InChI=1S/C15H23BrN2/c1-15(2)5-7-18(8-6-15)11-13-4-3-12(10-17)9-14(13)16/h3-4,9H,5-8,10-11,17H2,1-2H3. The van der Waals surface area contributed by atoms with E-state index in [2.05, 4.69) is 52.9 Å². The summed E-state index contributed by atoms with van der Waals surface area (Å²) in [5.74, 6) is 0. The Hall–Kier alpha value is -0.380. The second-order valence-electron chi connectivity index (χ2n) is 6.07. The second kappa shape index (κ2) is 5.72. The summed E-state index contributed by atoms with van der Waals surface area (Å²) in [5, 5.41) is 0. The van der Waals surface area contributed by atoms with Crippen LogP contribution in [0.3, 0.4) is 0 Å². The molecule has 1 aromatic carbocycles. The highest BCUT2D eigenvalue weighted by Crippen LogP contribution is 2.31. The molecule has 0 unspecified atom stereocenters. The summed E-state index contributed by atoms with van der Waals surface area (Å²) in [4.78, 5) is 2.55. The Kier molecular flexibility index (Phi) is 4.46. The van der Waals surface area contributed by atoms with Crippen LogP contribution in [0.1, 0.15) is 37.8 Å². The van der Waals surface area contributed by atoms with Gasteiger partial charge in [-0.25, -0.2) is 0 Å². The van der Waals surface area contributed by atoms with E-state index in [1.165, 1.54) is 41.5 Å². The van der Waals surface area contributed by atoms with Gasteiger partial charge in [0.15, 0.2) is 0 Å². The fourth-order valence-corrected chi connectivity index (χ4v) is 2.95. The van der Waals surface area contributed by atoms with Gasteiger partial charge in [0.25, 0.3) is 0 Å². The zero-order valence-electron chi connectivity index (χ0n) is 11.4. The van der Waals surface area contributed by atoms with Gasteiger partial charge in [-0.1, -0.05) is 41.9 Å². The zero-order valence-corrected chi connectivity index (χ0v) is 13.0. The predicted molar refractivity (Wildman–Crippen MR) is 80.3 cm³/mol. The Bertz CT molecular complexity index is 405. The van der Waals surface area contributed by atoms with Crippen LogP contribution in [0.5, 0.6) is 0 Å². The highest BCUT2D eigenvalue weighted by molar-refractivity contribution is 9.10. The second-order valence-corrected chi connectivity index (χ2v) is 6.92. The van der Waals surface area contributed by atoms with Crippen molar-refractivity contribution >= 4 is 15.9 Å². The van der Waals surface area contributed by atoms with E-state index in [1.807, 2.05) is 0 Å². The van der Waals surface area contributed by atoms with Gasteiger partial charge in [-0.2, -0.15) is 0 Å². The molecule has 0 spiro atoms. The van der Waals surface area contributed by atoms with E-state index in [4.69, 9.17) is 5.73 Å². The molecule has 0 saturated carbocycles. The maximum atomic E-state index is 5.65. The summed E-state index contributed by atoms with van der Waals surface area (Å²) in [6.07, 6.45) is 2.59. The van der Waals surface area contributed by atoms with Crippen molar-refractivity contribution in [2.45, 2.75) is 39.8 Å². The third kappa shape index (κ3) is 3.56. The summed E-state index contributed by atoms with van der Waals surface area (Å²) >= 11 is 3.65. The number of nitrogens with zero attached hydrogens (tertiary/aromatic N) is 1. The fraction of sp³-hybridized carbons (Fsp3) is 0.600. The molecule has 3 heteroatoms. The molecule has 2 rings (SSSR count). The van der Waals surface area contributed by atoms with Crippen LogP contribution in [-0.2, 0) is 13.1 Å². The number of halogens is 1. The van der Waals surface area contributed by atoms with Gasteiger partial charge in [0.05, 0.1) is 0 Å². The zero-order chi connectivity index (χ0) is 13.2. The number of rotatable bonds is 3. The molecule has 1 saturated heterocycles. The van der Waals surface area contributed by atoms with Crippen LogP contribution in [-0.4, -0.2) is 18.0 Å². The lowest BCUT2D eigenvalue weighted by atomic mass is 9.82. The average Bonchev–Trinajstić information content (AvgIpc) is 2.34. The van der Waals surface area contributed by atoms with Crippen LogP contribution in [0.2, 0.25) is 0 Å². The summed E-state index contributed by atoms with van der Waals surface area (Å²) in [6, 6.07) is 6.48. The molecule has 100 valence electrons. The van der Waals surface area contributed by atoms with Gasteiger partial charge in [-0.05, 0) is 48.5 Å². The number of likely N-dealkylation sites (tertiary alicyclic amines) is 1. The van der Waals surface area contributed by atoms with E-state index in [0.29, 0.717) is 12.0 Å². The Morgan fingerprint density at radius 2 is 1.94 bits per heavy atom. The lowest BCUT2D eigenvalue weighted by Gasteiger charge is -2.37. The van der Waals surface area contributed by atoms with Gasteiger partial charge < -0.3 is 5.73 Å². The Balaban J connectivity index is 1.98. The summed E-state index contributed by atoms with van der Waals surface area (Å²) in [5.41, 5.74) is 8.73. The first-order valence-electron chi connectivity index (χ1n) is 6.70. The molecule has 1 aromatic rings. The molecular formula is C15H23BrN2. The highest BCUT2D eigenvalue weighted by atomic mass is 79.9. The summed E-state index contributed by atoms with van der Waals surface area (Å²) in [6.45, 7) is 8.81.